The van der Waals surface area contributed by atoms with Gasteiger partial charge in [-0.3, -0.25) is 0 Å². The maximum Gasteiger partial charge on any atom is 0.381 e. The second-order valence-electron chi connectivity index (χ2n) is 8.00. The van der Waals surface area contributed by atoms with Crippen molar-refractivity contribution in [2.75, 3.05) is 0 Å². The van der Waals surface area contributed by atoms with E-state index in [0.29, 0.717) is 12.8 Å². The molecule has 0 aromatic carbocycles. The quantitative estimate of drug-likeness (QED) is 0.0980. The van der Waals surface area contributed by atoms with E-state index in [9.17, 15) is 39.5 Å². The fourth-order valence-corrected chi connectivity index (χ4v) is 4.62. The van der Waals surface area contributed by atoms with Crippen molar-refractivity contribution in [2.24, 2.45) is 0 Å². The van der Waals surface area contributed by atoms with Crippen LogP contribution in [0.5, 0.6) is 0 Å². The summed E-state index contributed by atoms with van der Waals surface area (Å²) in [5.41, 5.74) is -5.34. The van der Waals surface area contributed by atoms with E-state index in [1.165, 1.54) is 29.5 Å². The van der Waals surface area contributed by atoms with E-state index < -0.39 is 39.2 Å². The summed E-state index contributed by atoms with van der Waals surface area (Å²) in [6.45, 7) is 3.48. The van der Waals surface area contributed by atoms with Gasteiger partial charge in [-0.25, -0.2) is 4.39 Å². The second kappa shape index (κ2) is 9.30. The van der Waals surface area contributed by atoms with Gasteiger partial charge >= 0.3 is 23.7 Å². The van der Waals surface area contributed by atoms with Crippen LogP contribution in [0.25, 0.3) is 0 Å². The smallest absolute Gasteiger partial charge is 0.230 e. The first kappa shape index (κ1) is 27.1. The van der Waals surface area contributed by atoms with Crippen LogP contribution in [0.4, 0.5) is 39.5 Å². The summed E-state index contributed by atoms with van der Waals surface area (Å²) in [5.74, 6) is -25.4. The summed E-state index contributed by atoms with van der Waals surface area (Å²) in [6.07, 6.45) is 5.18. The van der Waals surface area contributed by atoms with E-state index in [4.69, 9.17) is 0 Å². The highest BCUT2D eigenvalue weighted by atomic mass is 127. The number of hydrogen-bond donors (Lipinski definition) is 0. The van der Waals surface area contributed by atoms with Crippen LogP contribution < -0.4 is 0 Å². The molecule has 0 radical (unpaired) electrons. The van der Waals surface area contributed by atoms with Crippen molar-refractivity contribution in [2.45, 2.75) is 117 Å². The third-order valence-corrected chi connectivity index (χ3v) is 7.53. The van der Waals surface area contributed by atoms with Crippen molar-refractivity contribution in [1.29, 1.82) is 0 Å². The van der Waals surface area contributed by atoms with Crippen molar-refractivity contribution in [3.63, 3.8) is 0 Å². The third-order valence-electron chi connectivity index (χ3n) is 5.85. The van der Waals surface area contributed by atoms with Crippen LogP contribution in [-0.4, -0.2) is 32.8 Å². The first-order valence-electron chi connectivity index (χ1n) is 9.97. The Labute approximate surface area is 179 Å². The Hall–Kier alpha value is 0.1000. The maximum atomic E-state index is 14.8. The van der Waals surface area contributed by atoms with Crippen LogP contribution in [0.2, 0.25) is 0 Å². The molecule has 0 aromatic rings. The molecule has 0 nitrogen and oxygen atoms in total. The normalized spacial score (nSPS) is 25.7. The first-order chi connectivity index (χ1) is 13.1. The minimum Gasteiger partial charge on any atom is -0.230 e. The molecule has 1 fully saturated rings. The molecule has 1 atom stereocenters. The van der Waals surface area contributed by atoms with Gasteiger partial charge in [-0.05, 0) is 12.8 Å². The van der Waals surface area contributed by atoms with E-state index in [2.05, 4.69) is 6.92 Å². The molecule has 0 aromatic heterocycles. The van der Waals surface area contributed by atoms with Crippen molar-refractivity contribution in [3.05, 3.63) is 0 Å². The molecule has 1 aliphatic carbocycles. The van der Waals surface area contributed by atoms with E-state index in [-0.39, 0.29) is 12.8 Å². The number of unbranched alkanes of at least 4 members (excludes halogenated alkanes) is 7. The number of alkyl halides is 10. The molecule has 0 spiro atoms. The van der Waals surface area contributed by atoms with Gasteiger partial charge in [-0.15, -0.1) is 0 Å². The summed E-state index contributed by atoms with van der Waals surface area (Å²) in [4.78, 5) is 0. The highest BCUT2D eigenvalue weighted by Gasteiger charge is 3.00. The number of rotatable bonds is 12. The Kier molecular flexibility index (Phi) is 8.70. The Morgan fingerprint density at radius 3 is 1.34 bits per heavy atom. The topological polar surface area (TPSA) is 0 Å². The Balaban J connectivity index is 2.85. The lowest BCUT2D eigenvalue weighted by molar-refractivity contribution is -0.303. The average molecular weight is 554 g/mol. The first-order valence-corrected chi connectivity index (χ1v) is 11.0. The van der Waals surface area contributed by atoms with Gasteiger partial charge in [0, 0.05) is 9.84 Å². The molecule has 174 valence electrons. The van der Waals surface area contributed by atoms with Crippen molar-refractivity contribution in [3.8, 4) is 0 Å². The number of hydrogen-bond acceptors (Lipinski definition) is 0. The Bertz CT molecular complexity index is 510. The summed E-state index contributed by atoms with van der Waals surface area (Å²) < 4.78 is 123. The molecule has 1 aliphatic rings. The summed E-state index contributed by atoms with van der Waals surface area (Å²) in [7, 11) is 0. The van der Waals surface area contributed by atoms with Gasteiger partial charge in [0.25, 0.3) is 5.67 Å². The van der Waals surface area contributed by atoms with Gasteiger partial charge in [-0.1, -0.05) is 87.8 Å². The predicted molar refractivity (Wildman–Crippen MR) is 103 cm³/mol. The largest absolute Gasteiger partial charge is 0.381 e. The fourth-order valence-electron chi connectivity index (χ4n) is 3.71. The molecule has 1 unspecified atom stereocenters. The molecule has 0 amide bonds. The molecule has 0 aliphatic heterocycles. The van der Waals surface area contributed by atoms with Crippen LogP contribution in [-0.2, 0) is 0 Å². The van der Waals surface area contributed by atoms with Gasteiger partial charge in [0.1, 0.15) is 0 Å². The van der Waals surface area contributed by atoms with Gasteiger partial charge < -0.3 is 0 Å². The molecule has 1 rings (SSSR count). The average Bonchev–Trinajstić information content (AvgIpc) is 2.67. The Morgan fingerprint density at radius 1 is 0.586 bits per heavy atom. The minimum atomic E-state index is -6.48. The van der Waals surface area contributed by atoms with Crippen LogP contribution in [0, 0.1) is 0 Å². The van der Waals surface area contributed by atoms with Crippen LogP contribution in [0.3, 0.4) is 0 Å². The zero-order valence-electron chi connectivity index (χ0n) is 16.6. The zero-order chi connectivity index (χ0) is 22.8. The van der Waals surface area contributed by atoms with E-state index in [0.717, 1.165) is 38.5 Å². The van der Waals surface area contributed by atoms with Crippen LogP contribution in [0.1, 0.15) is 84.5 Å². The highest BCUT2D eigenvalue weighted by Crippen LogP contribution is 2.71. The molecule has 0 saturated heterocycles. The maximum absolute atomic E-state index is 14.8. The van der Waals surface area contributed by atoms with Gasteiger partial charge in [0.2, 0.25) is 0 Å². The molecular formula is C19H28F9I. The standard InChI is InChI=1S/C19H28F9I/c1-3-5-6-7-8-9-10-11-12-14(29,4-2)13-15(20)16(21,22)18(25,26)19(27,28)17(15,23)24/h3-13H2,1-2H3. The molecule has 1 saturated carbocycles. The molecule has 0 bridgehead atoms. The SMILES string of the molecule is CCCCCCCCCCC(I)(CC)CC1(F)C(F)(F)C(F)(F)C(F)(F)C1(F)F. The lowest BCUT2D eigenvalue weighted by Crippen LogP contribution is -2.57. The van der Waals surface area contributed by atoms with E-state index in [1.807, 2.05) is 0 Å². The summed E-state index contributed by atoms with van der Waals surface area (Å²) in [5, 5.41) is 0. The van der Waals surface area contributed by atoms with Gasteiger partial charge in [0.05, 0.1) is 0 Å². The van der Waals surface area contributed by atoms with E-state index in [1.54, 1.807) is 0 Å². The van der Waals surface area contributed by atoms with E-state index >= 15 is 0 Å². The highest BCUT2D eigenvalue weighted by molar-refractivity contribution is 14.1. The molecular weight excluding hydrogens is 526 g/mol. The monoisotopic (exact) mass is 554 g/mol. The lowest BCUT2D eigenvalue weighted by Gasteiger charge is -2.38. The molecule has 10 heteroatoms. The number of halogens is 10. The Morgan fingerprint density at radius 2 is 0.966 bits per heavy atom. The molecule has 0 N–H and O–H groups in total. The van der Waals surface area contributed by atoms with Crippen molar-refractivity contribution in [1.82, 2.24) is 0 Å². The molecule has 29 heavy (non-hydrogen) atoms. The lowest BCUT2D eigenvalue weighted by atomic mass is 9.82. The summed E-state index contributed by atoms with van der Waals surface area (Å²) in [6, 6.07) is 0. The summed E-state index contributed by atoms with van der Waals surface area (Å²) >= 11 is 1.48. The third kappa shape index (κ3) is 4.52. The van der Waals surface area contributed by atoms with Crippen LogP contribution in [0.15, 0.2) is 0 Å². The minimum absolute atomic E-state index is 0.00596. The van der Waals surface area contributed by atoms with Crippen LogP contribution >= 0.6 is 22.6 Å². The van der Waals surface area contributed by atoms with Gasteiger partial charge in [-0.2, -0.15) is 35.1 Å². The van der Waals surface area contributed by atoms with Gasteiger partial charge in [0.15, 0.2) is 0 Å². The van der Waals surface area contributed by atoms with Crippen molar-refractivity contribution < 1.29 is 39.5 Å². The fraction of sp³-hybridized carbons (Fsp3) is 1.00. The zero-order valence-corrected chi connectivity index (χ0v) is 18.7. The second-order valence-corrected chi connectivity index (χ2v) is 10.3. The van der Waals surface area contributed by atoms with Crippen molar-refractivity contribution >= 4 is 22.6 Å². The molecule has 0 heterocycles. The predicted octanol–water partition coefficient (Wildman–Crippen LogP) is 8.75.